The fourth-order valence-corrected chi connectivity index (χ4v) is 6.07. The van der Waals surface area contributed by atoms with Crippen molar-refractivity contribution in [2.24, 2.45) is 22.7 Å². The molecule has 3 nitrogen and oxygen atoms in total. The Bertz CT molecular complexity index is 589. The zero-order valence-electron chi connectivity index (χ0n) is 20.5. The second-order valence-electron chi connectivity index (χ2n) is 11.2. The van der Waals surface area contributed by atoms with E-state index in [1.807, 2.05) is 0 Å². The minimum Gasteiger partial charge on any atom is -0.393 e. The van der Waals surface area contributed by atoms with Crippen LogP contribution in [0.5, 0.6) is 0 Å². The topological polar surface area (TPSA) is 60.7 Å². The highest BCUT2D eigenvalue weighted by Gasteiger charge is 2.52. The van der Waals surface area contributed by atoms with Crippen molar-refractivity contribution in [3.8, 4) is 0 Å². The molecule has 0 bridgehead atoms. The molecule has 3 N–H and O–H groups in total. The van der Waals surface area contributed by atoms with E-state index in [4.69, 9.17) is 0 Å². The van der Waals surface area contributed by atoms with Crippen molar-refractivity contribution in [2.75, 3.05) is 0 Å². The Kier molecular flexibility index (Phi) is 8.81. The van der Waals surface area contributed by atoms with Crippen LogP contribution in [0.1, 0.15) is 106 Å². The van der Waals surface area contributed by atoms with Gasteiger partial charge in [-0.05, 0) is 74.0 Å². The molecule has 2 saturated carbocycles. The highest BCUT2D eigenvalue weighted by Crippen LogP contribution is 2.60. The van der Waals surface area contributed by atoms with Crippen LogP contribution in [0.3, 0.4) is 0 Å². The molecule has 0 heterocycles. The average Bonchev–Trinajstić information content (AvgIpc) is 2.91. The van der Waals surface area contributed by atoms with Gasteiger partial charge in [0.25, 0.3) is 0 Å². The number of aliphatic hydroxyl groups is 3. The lowest BCUT2D eigenvalue weighted by molar-refractivity contribution is 0.00991. The summed E-state index contributed by atoms with van der Waals surface area (Å²) in [4.78, 5) is 0. The van der Waals surface area contributed by atoms with Crippen molar-refractivity contribution in [1.82, 2.24) is 0 Å². The lowest BCUT2D eigenvalue weighted by Gasteiger charge is -2.46. The first kappa shape index (κ1) is 25.6. The van der Waals surface area contributed by atoms with E-state index in [9.17, 15) is 15.3 Å². The van der Waals surface area contributed by atoms with E-state index >= 15 is 0 Å². The Labute approximate surface area is 185 Å². The Hall–Kier alpha value is -0.640. The van der Waals surface area contributed by atoms with E-state index in [1.54, 1.807) is 0 Å². The lowest BCUT2D eigenvalue weighted by atomic mass is 9.59. The summed E-state index contributed by atoms with van der Waals surface area (Å²) < 4.78 is 0. The van der Waals surface area contributed by atoms with Crippen molar-refractivity contribution in [3.05, 3.63) is 23.8 Å². The summed E-state index contributed by atoms with van der Waals surface area (Å²) >= 11 is 0. The first-order valence-corrected chi connectivity index (χ1v) is 12.4. The Morgan fingerprint density at radius 3 is 2.27 bits per heavy atom. The maximum absolute atomic E-state index is 10.6. The van der Waals surface area contributed by atoms with Crippen LogP contribution >= 0.6 is 0 Å². The van der Waals surface area contributed by atoms with Gasteiger partial charge < -0.3 is 15.3 Å². The predicted molar refractivity (Wildman–Crippen MR) is 126 cm³/mol. The van der Waals surface area contributed by atoms with E-state index < -0.39 is 17.8 Å². The van der Waals surface area contributed by atoms with E-state index in [0.29, 0.717) is 36.5 Å². The number of allylic oxidation sites excluding steroid dienone is 3. The quantitative estimate of drug-likeness (QED) is 0.418. The third-order valence-corrected chi connectivity index (χ3v) is 9.27. The normalized spacial score (nSPS) is 33.2. The number of hydrogen-bond donors (Lipinski definition) is 3. The fourth-order valence-electron chi connectivity index (χ4n) is 6.07. The van der Waals surface area contributed by atoms with Crippen LogP contribution < -0.4 is 0 Å². The molecule has 0 unspecified atom stereocenters. The number of hydrogen-bond acceptors (Lipinski definition) is 3. The second kappa shape index (κ2) is 10.3. The van der Waals surface area contributed by atoms with Crippen molar-refractivity contribution in [1.29, 1.82) is 0 Å². The van der Waals surface area contributed by atoms with Gasteiger partial charge in [-0.2, -0.15) is 0 Å². The summed E-state index contributed by atoms with van der Waals surface area (Å²) in [6.45, 7) is 13.9. The monoisotopic (exact) mass is 420 g/mol. The molecule has 0 aromatic carbocycles. The molecule has 5 atom stereocenters. The van der Waals surface area contributed by atoms with Crippen LogP contribution in [0.15, 0.2) is 23.8 Å². The molecule has 0 aliphatic heterocycles. The summed E-state index contributed by atoms with van der Waals surface area (Å²) in [5, 5.41) is 30.4. The maximum atomic E-state index is 10.6. The summed E-state index contributed by atoms with van der Waals surface area (Å²) in [5.74, 6) is 1.18. The Morgan fingerprint density at radius 1 is 1.10 bits per heavy atom. The van der Waals surface area contributed by atoms with E-state index in [-0.39, 0.29) is 5.41 Å². The van der Waals surface area contributed by atoms with Crippen LogP contribution in [0.25, 0.3) is 0 Å². The molecule has 0 aromatic heterocycles. The molecule has 3 heteroatoms. The maximum Gasteiger partial charge on any atom is 0.0642 e. The van der Waals surface area contributed by atoms with Gasteiger partial charge in [0.05, 0.1) is 17.8 Å². The van der Waals surface area contributed by atoms with Gasteiger partial charge in [0.2, 0.25) is 0 Å². The predicted octanol–water partition coefficient (Wildman–Crippen LogP) is 6.17. The van der Waals surface area contributed by atoms with Gasteiger partial charge in [-0.3, -0.25) is 0 Å². The first-order valence-electron chi connectivity index (χ1n) is 12.4. The van der Waals surface area contributed by atoms with Gasteiger partial charge in [-0.15, -0.1) is 0 Å². The molecule has 0 aromatic rings. The molecular formula is C27H48O3. The third-order valence-electron chi connectivity index (χ3n) is 9.27. The smallest absolute Gasteiger partial charge is 0.0642 e. The van der Waals surface area contributed by atoms with Crippen molar-refractivity contribution < 1.29 is 15.3 Å². The summed E-state index contributed by atoms with van der Waals surface area (Å²) in [6, 6.07) is 0. The second-order valence-corrected chi connectivity index (χ2v) is 11.2. The molecule has 0 amide bonds. The number of rotatable bonds is 9. The minimum absolute atomic E-state index is 0.221. The molecule has 2 aliphatic carbocycles. The molecular weight excluding hydrogens is 372 g/mol. The molecule has 2 rings (SSSR count). The highest BCUT2D eigenvalue weighted by atomic mass is 16.3. The summed E-state index contributed by atoms with van der Waals surface area (Å²) in [6.07, 6.45) is 15.1. The van der Waals surface area contributed by atoms with Crippen molar-refractivity contribution >= 4 is 0 Å². The SMILES string of the molecule is CCC(O)(CC)CCC[C@H](C)[C@@]1(C)CC[C@@H](/C=C/C=C2C[C@@H](O)C[C@H](O)C2)C1(C)C. The average molecular weight is 421 g/mol. The first-order chi connectivity index (χ1) is 14.0. The van der Waals surface area contributed by atoms with E-state index in [2.05, 4.69) is 59.8 Å². The molecule has 174 valence electrons. The zero-order chi connectivity index (χ0) is 22.6. The third kappa shape index (κ3) is 5.78. The van der Waals surface area contributed by atoms with Gasteiger partial charge >= 0.3 is 0 Å². The van der Waals surface area contributed by atoms with E-state index in [1.165, 1.54) is 19.3 Å². The largest absolute Gasteiger partial charge is 0.393 e. The highest BCUT2D eigenvalue weighted by molar-refractivity contribution is 5.19. The lowest BCUT2D eigenvalue weighted by Crippen LogP contribution is -2.39. The van der Waals surface area contributed by atoms with Gasteiger partial charge in [0, 0.05) is 0 Å². The Balaban J connectivity index is 1.97. The fraction of sp³-hybridized carbons (Fsp3) is 0.852. The van der Waals surface area contributed by atoms with Gasteiger partial charge in [-0.25, -0.2) is 0 Å². The van der Waals surface area contributed by atoms with Crippen molar-refractivity contribution in [3.63, 3.8) is 0 Å². The molecule has 2 aliphatic rings. The molecule has 2 fully saturated rings. The minimum atomic E-state index is -0.481. The number of aliphatic hydroxyl groups excluding tert-OH is 2. The molecule has 30 heavy (non-hydrogen) atoms. The van der Waals surface area contributed by atoms with Crippen LogP contribution in [-0.4, -0.2) is 33.1 Å². The van der Waals surface area contributed by atoms with Gasteiger partial charge in [0.1, 0.15) is 0 Å². The summed E-state index contributed by atoms with van der Waals surface area (Å²) in [7, 11) is 0. The summed E-state index contributed by atoms with van der Waals surface area (Å²) in [5.41, 5.74) is 1.19. The van der Waals surface area contributed by atoms with Gasteiger partial charge in [-0.1, -0.05) is 78.2 Å². The van der Waals surface area contributed by atoms with Crippen LogP contribution in [-0.2, 0) is 0 Å². The van der Waals surface area contributed by atoms with Crippen LogP contribution in [0.4, 0.5) is 0 Å². The zero-order valence-corrected chi connectivity index (χ0v) is 20.5. The standard InChI is InChI=1S/C27H48O3/c1-7-27(30,8-2)15-10-11-20(3)26(6)16-14-22(25(26,4)5)13-9-12-21-17-23(28)19-24(29)18-21/h9,12-13,20,22-24,28-30H,7-8,10-11,14-19H2,1-6H3/b13-9+/t20-,22+,23+,24+,26+/m0/s1. The molecule has 0 saturated heterocycles. The molecule has 0 radical (unpaired) electrons. The van der Waals surface area contributed by atoms with Gasteiger partial charge in [0.15, 0.2) is 0 Å². The molecule has 0 spiro atoms. The van der Waals surface area contributed by atoms with Crippen molar-refractivity contribution in [2.45, 2.75) is 124 Å². The van der Waals surface area contributed by atoms with E-state index in [0.717, 1.165) is 31.3 Å². The van der Waals surface area contributed by atoms with Crippen LogP contribution in [0.2, 0.25) is 0 Å². The Morgan fingerprint density at radius 2 is 1.70 bits per heavy atom. The van der Waals surface area contributed by atoms with Crippen LogP contribution in [0, 0.1) is 22.7 Å².